The Balaban J connectivity index is 1.79. The molecule has 2 aliphatic heterocycles. The molecule has 4 rings (SSSR count). The van der Waals surface area contributed by atoms with Gasteiger partial charge < -0.3 is 24.4 Å². The molecule has 0 saturated carbocycles. The van der Waals surface area contributed by atoms with Crippen LogP contribution in [0.5, 0.6) is 11.5 Å². The molecule has 2 aliphatic rings. The lowest BCUT2D eigenvalue weighted by molar-refractivity contribution is -0.139. The molecule has 34 heavy (non-hydrogen) atoms. The van der Waals surface area contributed by atoms with E-state index < -0.39 is 17.7 Å². The summed E-state index contributed by atoms with van der Waals surface area (Å²) in [5, 5.41) is 11.3. The van der Waals surface area contributed by atoms with E-state index in [4.69, 9.17) is 9.47 Å². The summed E-state index contributed by atoms with van der Waals surface area (Å²) in [6.45, 7) is 5.57. The van der Waals surface area contributed by atoms with Crippen molar-refractivity contribution in [3.63, 3.8) is 0 Å². The van der Waals surface area contributed by atoms with Gasteiger partial charge in [0.15, 0.2) is 0 Å². The number of rotatable bonds is 8. The van der Waals surface area contributed by atoms with Crippen molar-refractivity contribution in [2.45, 2.75) is 38.8 Å². The van der Waals surface area contributed by atoms with Crippen molar-refractivity contribution >= 4 is 17.4 Å². The van der Waals surface area contributed by atoms with Crippen LogP contribution in [-0.4, -0.2) is 66.5 Å². The number of hydrogen-bond acceptors (Lipinski definition) is 6. The molecule has 1 N–H and O–H groups in total. The zero-order chi connectivity index (χ0) is 24.4. The molecule has 0 spiro atoms. The summed E-state index contributed by atoms with van der Waals surface area (Å²) < 4.78 is 11.4. The van der Waals surface area contributed by atoms with Crippen LogP contribution >= 0.6 is 0 Å². The molecule has 1 amide bonds. The number of aliphatic hydroxyl groups is 1. The lowest BCUT2D eigenvalue weighted by atomic mass is 9.94. The largest absolute Gasteiger partial charge is 0.507 e. The van der Waals surface area contributed by atoms with Gasteiger partial charge in [0.05, 0.1) is 18.2 Å². The highest BCUT2D eigenvalue weighted by atomic mass is 16.5. The van der Waals surface area contributed by atoms with Crippen molar-refractivity contribution in [1.82, 2.24) is 9.80 Å². The van der Waals surface area contributed by atoms with E-state index in [0.29, 0.717) is 30.9 Å². The standard InChI is InChI=1S/C27H32N2O5/c1-5-33-21-9-6-8-18(16-21)24-23(26(31)27(32)29(24)13-7-12-28(3)4)25(30)19-10-11-22-20(15-19)14-17(2)34-22/h6,8-11,15-17,24,30H,5,7,12-14H2,1-4H3. The minimum atomic E-state index is -0.689. The number of likely N-dealkylation sites (tertiary alicyclic amines) is 1. The van der Waals surface area contributed by atoms with E-state index in [2.05, 4.69) is 0 Å². The number of Topliss-reactive ketones (excluding diaryl/α,β-unsaturated/α-hetero) is 1. The Morgan fingerprint density at radius 3 is 2.74 bits per heavy atom. The van der Waals surface area contributed by atoms with Crippen molar-refractivity contribution in [2.24, 2.45) is 0 Å². The molecule has 0 aliphatic carbocycles. The fraction of sp³-hybridized carbons (Fsp3) is 0.407. The van der Waals surface area contributed by atoms with Gasteiger partial charge in [0.25, 0.3) is 11.7 Å². The Morgan fingerprint density at radius 2 is 2.00 bits per heavy atom. The van der Waals surface area contributed by atoms with Gasteiger partial charge >= 0.3 is 0 Å². The maximum Gasteiger partial charge on any atom is 0.295 e. The van der Waals surface area contributed by atoms with Crippen LogP contribution in [0.15, 0.2) is 48.0 Å². The lowest BCUT2D eigenvalue weighted by Crippen LogP contribution is -2.32. The Hall–Kier alpha value is -3.32. The maximum atomic E-state index is 13.2. The summed E-state index contributed by atoms with van der Waals surface area (Å²) >= 11 is 0. The highest BCUT2D eigenvalue weighted by Crippen LogP contribution is 2.41. The number of nitrogens with zero attached hydrogens (tertiary/aromatic N) is 2. The molecule has 2 unspecified atom stereocenters. The van der Waals surface area contributed by atoms with Crippen LogP contribution in [0.1, 0.15) is 43.0 Å². The van der Waals surface area contributed by atoms with E-state index in [0.717, 1.165) is 29.8 Å². The zero-order valence-corrected chi connectivity index (χ0v) is 20.2. The molecule has 180 valence electrons. The normalized spacial score (nSPS) is 21.1. The molecule has 2 aromatic rings. The van der Waals surface area contributed by atoms with Gasteiger partial charge in [-0.3, -0.25) is 9.59 Å². The fourth-order valence-corrected chi connectivity index (χ4v) is 4.68. The number of aliphatic hydroxyl groups excluding tert-OH is 1. The van der Waals surface area contributed by atoms with Crippen LogP contribution in [0.25, 0.3) is 5.76 Å². The van der Waals surface area contributed by atoms with Crippen molar-refractivity contribution in [2.75, 3.05) is 33.8 Å². The van der Waals surface area contributed by atoms with Crippen molar-refractivity contribution in [1.29, 1.82) is 0 Å². The van der Waals surface area contributed by atoms with E-state index in [1.54, 1.807) is 11.0 Å². The second-order valence-corrected chi connectivity index (χ2v) is 9.11. The fourth-order valence-electron chi connectivity index (χ4n) is 4.68. The number of fused-ring (bicyclic) bond motifs is 1. The predicted octanol–water partition coefficient (Wildman–Crippen LogP) is 3.78. The van der Waals surface area contributed by atoms with Crippen LogP contribution in [0.4, 0.5) is 0 Å². The first-order chi connectivity index (χ1) is 16.3. The van der Waals surface area contributed by atoms with Gasteiger partial charge in [-0.15, -0.1) is 0 Å². The second kappa shape index (κ2) is 9.89. The Kier molecular flexibility index (Phi) is 6.93. The Morgan fingerprint density at radius 1 is 1.21 bits per heavy atom. The lowest BCUT2D eigenvalue weighted by Gasteiger charge is -2.26. The molecule has 0 radical (unpaired) electrons. The van der Waals surface area contributed by atoms with E-state index in [1.165, 1.54) is 0 Å². The highest BCUT2D eigenvalue weighted by Gasteiger charge is 2.46. The average molecular weight is 465 g/mol. The molecule has 7 nitrogen and oxygen atoms in total. The Bertz CT molecular complexity index is 1120. The third-order valence-electron chi connectivity index (χ3n) is 6.20. The monoisotopic (exact) mass is 464 g/mol. The molecule has 2 heterocycles. The van der Waals surface area contributed by atoms with Gasteiger partial charge in [-0.1, -0.05) is 12.1 Å². The number of ketones is 1. The van der Waals surface area contributed by atoms with Gasteiger partial charge in [-0.2, -0.15) is 0 Å². The third kappa shape index (κ3) is 4.66. The summed E-state index contributed by atoms with van der Waals surface area (Å²) in [6.07, 6.45) is 1.50. The van der Waals surface area contributed by atoms with E-state index >= 15 is 0 Å². The summed E-state index contributed by atoms with van der Waals surface area (Å²) in [6, 6.07) is 12.1. The Labute approximate surface area is 200 Å². The summed E-state index contributed by atoms with van der Waals surface area (Å²) in [5.74, 6) is 0.0174. The van der Waals surface area contributed by atoms with Crippen LogP contribution in [-0.2, 0) is 16.0 Å². The summed E-state index contributed by atoms with van der Waals surface area (Å²) in [5.41, 5.74) is 2.32. The SMILES string of the molecule is CCOc1cccc(C2C(=C(O)c3ccc4c(c3)CC(C)O4)C(=O)C(=O)N2CCCN(C)C)c1. The molecular weight excluding hydrogens is 432 g/mol. The molecule has 2 aromatic carbocycles. The van der Waals surface area contributed by atoms with Gasteiger partial charge in [0, 0.05) is 18.5 Å². The second-order valence-electron chi connectivity index (χ2n) is 9.11. The minimum absolute atomic E-state index is 0.0657. The minimum Gasteiger partial charge on any atom is -0.507 e. The van der Waals surface area contributed by atoms with Crippen molar-refractivity contribution in [3.05, 3.63) is 64.7 Å². The van der Waals surface area contributed by atoms with E-state index in [1.807, 2.05) is 69.2 Å². The van der Waals surface area contributed by atoms with Gasteiger partial charge in [0.2, 0.25) is 0 Å². The molecule has 2 atom stereocenters. The average Bonchev–Trinajstić information content (AvgIpc) is 3.29. The molecule has 7 heteroatoms. The number of benzene rings is 2. The van der Waals surface area contributed by atoms with Gasteiger partial charge in [-0.05, 0) is 82.4 Å². The first-order valence-electron chi connectivity index (χ1n) is 11.8. The van der Waals surface area contributed by atoms with E-state index in [9.17, 15) is 14.7 Å². The molecule has 1 saturated heterocycles. The molecule has 0 aromatic heterocycles. The summed E-state index contributed by atoms with van der Waals surface area (Å²) in [7, 11) is 3.94. The highest BCUT2D eigenvalue weighted by molar-refractivity contribution is 6.46. The number of carbonyl (C=O) groups excluding carboxylic acids is 2. The third-order valence-corrected chi connectivity index (χ3v) is 6.20. The molecule has 1 fully saturated rings. The predicted molar refractivity (Wildman–Crippen MR) is 130 cm³/mol. The quantitative estimate of drug-likeness (QED) is 0.364. The van der Waals surface area contributed by atoms with Gasteiger partial charge in [0.1, 0.15) is 23.4 Å². The van der Waals surface area contributed by atoms with Crippen LogP contribution in [0.2, 0.25) is 0 Å². The molecule has 0 bridgehead atoms. The number of carbonyl (C=O) groups is 2. The van der Waals surface area contributed by atoms with Gasteiger partial charge in [-0.25, -0.2) is 0 Å². The number of hydrogen-bond donors (Lipinski definition) is 1. The van der Waals surface area contributed by atoms with E-state index in [-0.39, 0.29) is 17.4 Å². The smallest absolute Gasteiger partial charge is 0.295 e. The topological polar surface area (TPSA) is 79.3 Å². The first-order valence-corrected chi connectivity index (χ1v) is 11.8. The number of ether oxygens (including phenoxy) is 2. The molecular formula is C27H32N2O5. The number of amides is 1. The van der Waals surface area contributed by atoms with Crippen LogP contribution in [0, 0.1) is 0 Å². The van der Waals surface area contributed by atoms with Crippen molar-refractivity contribution < 1.29 is 24.2 Å². The van der Waals surface area contributed by atoms with Crippen LogP contribution in [0.3, 0.4) is 0 Å². The zero-order valence-electron chi connectivity index (χ0n) is 20.2. The first kappa shape index (κ1) is 23.8. The maximum absolute atomic E-state index is 13.2. The van der Waals surface area contributed by atoms with Crippen molar-refractivity contribution in [3.8, 4) is 11.5 Å². The summed E-state index contributed by atoms with van der Waals surface area (Å²) in [4.78, 5) is 30.0. The van der Waals surface area contributed by atoms with Crippen LogP contribution < -0.4 is 9.47 Å².